The number of hydrogen-bond donors (Lipinski definition) is 1. The number of hydrogen-bond acceptors (Lipinski definition) is 3. The van der Waals surface area contributed by atoms with Crippen LogP contribution in [0.25, 0.3) is 0 Å². The molecule has 0 fully saturated rings. The molecule has 0 saturated carbocycles. The minimum Gasteiger partial charge on any atom is -0.496 e. The molecular weight excluding hydrogens is 318 g/mol. The average Bonchev–Trinajstić information content (AvgIpc) is 2.84. The number of fused-ring (bicyclic) bond motifs is 1. The molecule has 2 aromatic carbocycles. The number of carboxylic acid groups (broad SMARTS) is 1. The first-order chi connectivity index (χ1) is 12.1. The van der Waals surface area contributed by atoms with Crippen LogP contribution >= 0.6 is 0 Å². The Balaban J connectivity index is 1.74. The molecule has 1 heterocycles. The Kier molecular flexibility index (Phi) is 5.03. The molecule has 0 atom stereocenters. The van der Waals surface area contributed by atoms with Crippen molar-refractivity contribution < 1.29 is 19.4 Å². The van der Waals surface area contributed by atoms with Crippen molar-refractivity contribution >= 4 is 11.9 Å². The number of carboxylic acids is 1. The number of amides is 1. The van der Waals surface area contributed by atoms with Crippen LogP contribution in [-0.2, 0) is 24.1 Å². The van der Waals surface area contributed by atoms with Gasteiger partial charge in [0.1, 0.15) is 5.75 Å². The van der Waals surface area contributed by atoms with E-state index in [4.69, 9.17) is 4.74 Å². The van der Waals surface area contributed by atoms with Gasteiger partial charge in [-0.05, 0) is 41.7 Å². The van der Waals surface area contributed by atoms with E-state index in [1.54, 1.807) is 25.3 Å². The van der Waals surface area contributed by atoms with Crippen LogP contribution in [-0.4, -0.2) is 42.1 Å². The normalized spacial score (nSPS) is 13.7. The molecule has 5 heteroatoms. The second-order valence-corrected chi connectivity index (χ2v) is 6.12. The van der Waals surface area contributed by atoms with Crippen molar-refractivity contribution in [1.29, 1.82) is 0 Å². The van der Waals surface area contributed by atoms with Gasteiger partial charge < -0.3 is 14.7 Å². The predicted octanol–water partition coefficient (Wildman–Crippen LogP) is 2.56. The summed E-state index contributed by atoms with van der Waals surface area (Å²) in [5, 5.41) is 9.27. The van der Waals surface area contributed by atoms with E-state index in [2.05, 4.69) is 6.07 Å². The Hall–Kier alpha value is -2.82. The summed E-state index contributed by atoms with van der Waals surface area (Å²) in [6.45, 7) is 1.25. The second kappa shape index (κ2) is 7.38. The standard InChI is InChI=1S/C20H21NO4/c1-25-18-8-4-6-14-9-11-21(12-10-16(14)18)19(22)13-15-5-2-3-7-17(15)20(23)24/h2-8H,9-13H2,1H3,(H,23,24). The topological polar surface area (TPSA) is 66.8 Å². The van der Waals surface area contributed by atoms with Gasteiger partial charge in [0, 0.05) is 13.1 Å². The van der Waals surface area contributed by atoms with Crippen molar-refractivity contribution in [2.45, 2.75) is 19.3 Å². The van der Waals surface area contributed by atoms with Crippen LogP contribution in [0, 0.1) is 0 Å². The third kappa shape index (κ3) is 3.65. The Morgan fingerprint density at radius 1 is 1.08 bits per heavy atom. The maximum atomic E-state index is 12.7. The minimum absolute atomic E-state index is 0.0412. The van der Waals surface area contributed by atoms with Crippen LogP contribution < -0.4 is 4.74 Å². The lowest BCUT2D eigenvalue weighted by Gasteiger charge is -2.20. The summed E-state index contributed by atoms with van der Waals surface area (Å²) >= 11 is 0. The summed E-state index contributed by atoms with van der Waals surface area (Å²) in [5.41, 5.74) is 3.11. The van der Waals surface area contributed by atoms with Gasteiger partial charge in [0.15, 0.2) is 0 Å². The number of nitrogens with zero attached hydrogens (tertiary/aromatic N) is 1. The van der Waals surface area contributed by atoms with Crippen molar-refractivity contribution in [2.24, 2.45) is 0 Å². The highest BCUT2D eigenvalue weighted by atomic mass is 16.5. The lowest BCUT2D eigenvalue weighted by molar-refractivity contribution is -0.130. The van der Waals surface area contributed by atoms with E-state index in [-0.39, 0.29) is 17.9 Å². The first-order valence-electron chi connectivity index (χ1n) is 8.34. The molecule has 0 aliphatic carbocycles. The smallest absolute Gasteiger partial charge is 0.335 e. The van der Waals surface area contributed by atoms with Gasteiger partial charge in [0.25, 0.3) is 0 Å². The van der Waals surface area contributed by atoms with E-state index in [0.29, 0.717) is 18.7 Å². The van der Waals surface area contributed by atoms with E-state index in [1.807, 2.05) is 17.0 Å². The number of aromatic carboxylic acids is 1. The Morgan fingerprint density at radius 3 is 2.60 bits per heavy atom. The first kappa shape index (κ1) is 17.0. The molecule has 1 N–H and O–H groups in total. The van der Waals surface area contributed by atoms with Crippen molar-refractivity contribution in [3.05, 3.63) is 64.7 Å². The summed E-state index contributed by atoms with van der Waals surface area (Å²) in [6, 6.07) is 12.7. The molecule has 5 nitrogen and oxygen atoms in total. The van der Waals surface area contributed by atoms with E-state index in [9.17, 15) is 14.7 Å². The summed E-state index contributed by atoms with van der Waals surface area (Å²) < 4.78 is 5.43. The minimum atomic E-state index is -1.00. The summed E-state index contributed by atoms with van der Waals surface area (Å²) in [7, 11) is 1.66. The monoisotopic (exact) mass is 339 g/mol. The molecule has 1 aliphatic rings. The molecule has 0 saturated heterocycles. The maximum Gasteiger partial charge on any atom is 0.335 e. The van der Waals surface area contributed by atoms with Gasteiger partial charge in [-0.3, -0.25) is 4.79 Å². The molecule has 0 unspecified atom stereocenters. The van der Waals surface area contributed by atoms with Gasteiger partial charge in [0.2, 0.25) is 5.91 Å². The molecule has 0 bridgehead atoms. The molecule has 0 radical (unpaired) electrons. The van der Waals surface area contributed by atoms with Crippen LogP contribution in [0.3, 0.4) is 0 Å². The molecular formula is C20H21NO4. The van der Waals surface area contributed by atoms with E-state index in [0.717, 1.165) is 24.2 Å². The number of ether oxygens (including phenoxy) is 1. The highest BCUT2D eigenvalue weighted by Gasteiger charge is 2.22. The van der Waals surface area contributed by atoms with Crippen molar-refractivity contribution in [3.8, 4) is 5.75 Å². The largest absolute Gasteiger partial charge is 0.496 e. The Morgan fingerprint density at radius 2 is 1.84 bits per heavy atom. The summed E-state index contributed by atoms with van der Waals surface area (Å²) in [4.78, 5) is 25.8. The zero-order valence-corrected chi connectivity index (χ0v) is 14.2. The van der Waals surface area contributed by atoms with Crippen LogP contribution in [0.2, 0.25) is 0 Å². The highest BCUT2D eigenvalue weighted by Crippen LogP contribution is 2.26. The predicted molar refractivity (Wildman–Crippen MR) is 94.1 cm³/mol. The van der Waals surface area contributed by atoms with Crippen molar-refractivity contribution in [1.82, 2.24) is 4.90 Å². The quantitative estimate of drug-likeness (QED) is 0.930. The summed E-state index contributed by atoms with van der Waals surface area (Å²) in [5.74, 6) is -0.181. The van der Waals surface area contributed by atoms with Crippen molar-refractivity contribution in [2.75, 3.05) is 20.2 Å². The van der Waals surface area contributed by atoms with E-state index >= 15 is 0 Å². The molecule has 0 aromatic heterocycles. The number of carbonyl (C=O) groups excluding carboxylic acids is 1. The lowest BCUT2D eigenvalue weighted by atomic mass is 10.0. The third-order valence-electron chi connectivity index (χ3n) is 4.67. The fourth-order valence-corrected chi connectivity index (χ4v) is 3.34. The fraction of sp³-hybridized carbons (Fsp3) is 0.300. The van der Waals surface area contributed by atoms with Gasteiger partial charge in [0.05, 0.1) is 19.1 Å². The van der Waals surface area contributed by atoms with Gasteiger partial charge in [-0.2, -0.15) is 0 Å². The molecule has 1 aliphatic heterocycles. The molecule has 1 amide bonds. The maximum absolute atomic E-state index is 12.7. The van der Waals surface area contributed by atoms with Gasteiger partial charge in [-0.15, -0.1) is 0 Å². The highest BCUT2D eigenvalue weighted by molar-refractivity contribution is 5.91. The number of rotatable bonds is 4. The van der Waals surface area contributed by atoms with Crippen LogP contribution in [0.15, 0.2) is 42.5 Å². The van der Waals surface area contributed by atoms with Crippen molar-refractivity contribution in [3.63, 3.8) is 0 Å². The van der Waals surface area contributed by atoms with Crippen LogP contribution in [0.1, 0.15) is 27.0 Å². The van der Waals surface area contributed by atoms with E-state index in [1.165, 1.54) is 11.6 Å². The molecule has 3 rings (SSSR count). The van der Waals surface area contributed by atoms with Crippen LogP contribution in [0.5, 0.6) is 5.75 Å². The summed E-state index contributed by atoms with van der Waals surface area (Å²) in [6.07, 6.45) is 1.63. The zero-order chi connectivity index (χ0) is 17.8. The number of methoxy groups -OCH3 is 1. The Bertz CT molecular complexity index is 800. The zero-order valence-electron chi connectivity index (χ0n) is 14.2. The Labute approximate surface area is 146 Å². The number of carbonyl (C=O) groups is 2. The van der Waals surface area contributed by atoms with Gasteiger partial charge in [-0.1, -0.05) is 30.3 Å². The third-order valence-corrected chi connectivity index (χ3v) is 4.67. The molecule has 0 spiro atoms. The molecule has 25 heavy (non-hydrogen) atoms. The lowest BCUT2D eigenvalue weighted by Crippen LogP contribution is -2.34. The fourth-order valence-electron chi connectivity index (χ4n) is 3.34. The van der Waals surface area contributed by atoms with Crippen LogP contribution in [0.4, 0.5) is 0 Å². The first-order valence-corrected chi connectivity index (χ1v) is 8.34. The molecule has 130 valence electrons. The van der Waals surface area contributed by atoms with E-state index < -0.39 is 5.97 Å². The van der Waals surface area contributed by atoms with Gasteiger partial charge in [-0.25, -0.2) is 4.79 Å². The SMILES string of the molecule is COc1cccc2c1CCN(C(=O)Cc1ccccc1C(=O)O)CC2. The second-order valence-electron chi connectivity index (χ2n) is 6.12. The molecule has 2 aromatic rings. The average molecular weight is 339 g/mol. The van der Waals surface area contributed by atoms with Gasteiger partial charge >= 0.3 is 5.97 Å². The number of benzene rings is 2.